The number of nitrogens with zero attached hydrogens (tertiary/aromatic N) is 1. The van der Waals surface area contributed by atoms with Crippen LogP contribution in [0.1, 0.15) is 15.9 Å². The van der Waals surface area contributed by atoms with Gasteiger partial charge in [-0.1, -0.05) is 30.3 Å². The number of rotatable bonds is 6. The molecule has 0 fully saturated rings. The number of carboxylic acids is 1. The Kier molecular flexibility index (Phi) is 5.36. The van der Waals surface area contributed by atoms with Crippen molar-refractivity contribution in [3.63, 3.8) is 0 Å². The van der Waals surface area contributed by atoms with Crippen LogP contribution in [0.5, 0.6) is 5.88 Å². The number of carboxylic acid groups (broad SMARTS) is 1. The third-order valence-electron chi connectivity index (χ3n) is 3.76. The van der Waals surface area contributed by atoms with E-state index in [0.29, 0.717) is 11.3 Å². The van der Waals surface area contributed by atoms with Gasteiger partial charge in [-0.15, -0.1) is 0 Å². The molecule has 0 aliphatic heterocycles. The standard InChI is InChI=1S/C19H17N3O5/c1-26-16-8-7-15(17(22-16)13-9-20-10-14(13)18(23)24)21-19(25)27-11-12-5-3-2-4-6-12/h2-10,20H,11H2,1H3,(H,21,25)(H,23,24). The molecule has 0 saturated heterocycles. The first-order valence-corrected chi connectivity index (χ1v) is 8.01. The first-order chi connectivity index (χ1) is 13.1. The quantitative estimate of drug-likeness (QED) is 0.614. The molecule has 0 atom stereocenters. The number of hydrogen-bond acceptors (Lipinski definition) is 5. The number of amides is 1. The number of carbonyl (C=O) groups excluding carboxylic acids is 1. The number of ether oxygens (including phenoxy) is 2. The maximum absolute atomic E-state index is 12.2. The second-order valence-corrected chi connectivity index (χ2v) is 5.52. The number of carbonyl (C=O) groups is 2. The smallest absolute Gasteiger partial charge is 0.412 e. The number of aromatic nitrogens is 2. The van der Waals surface area contributed by atoms with Crippen molar-refractivity contribution in [2.75, 3.05) is 12.4 Å². The molecular formula is C19H17N3O5. The number of anilines is 1. The van der Waals surface area contributed by atoms with Crippen molar-refractivity contribution >= 4 is 17.7 Å². The monoisotopic (exact) mass is 367 g/mol. The van der Waals surface area contributed by atoms with Crippen LogP contribution in [-0.2, 0) is 11.3 Å². The summed E-state index contributed by atoms with van der Waals surface area (Å²) in [6.07, 6.45) is 2.15. The fourth-order valence-corrected chi connectivity index (χ4v) is 2.47. The Bertz CT molecular complexity index is 953. The minimum atomic E-state index is -1.12. The maximum Gasteiger partial charge on any atom is 0.412 e. The van der Waals surface area contributed by atoms with E-state index in [2.05, 4.69) is 15.3 Å². The van der Waals surface area contributed by atoms with Gasteiger partial charge in [-0.3, -0.25) is 5.32 Å². The van der Waals surface area contributed by atoms with Gasteiger partial charge in [-0.2, -0.15) is 0 Å². The Morgan fingerprint density at radius 1 is 1.15 bits per heavy atom. The molecule has 0 radical (unpaired) electrons. The van der Waals surface area contributed by atoms with Gasteiger partial charge in [0.05, 0.1) is 18.4 Å². The highest BCUT2D eigenvalue weighted by Gasteiger charge is 2.19. The number of nitrogens with one attached hydrogen (secondary N) is 2. The largest absolute Gasteiger partial charge is 0.481 e. The topological polar surface area (TPSA) is 114 Å². The normalized spacial score (nSPS) is 10.3. The average Bonchev–Trinajstić information content (AvgIpc) is 3.17. The average molecular weight is 367 g/mol. The third-order valence-corrected chi connectivity index (χ3v) is 3.76. The van der Waals surface area contributed by atoms with Gasteiger partial charge in [0.25, 0.3) is 0 Å². The molecule has 3 aromatic rings. The first-order valence-electron chi connectivity index (χ1n) is 8.01. The molecule has 2 heterocycles. The molecule has 8 nitrogen and oxygen atoms in total. The lowest BCUT2D eigenvalue weighted by atomic mass is 10.1. The van der Waals surface area contributed by atoms with Crippen LogP contribution < -0.4 is 10.1 Å². The van der Waals surface area contributed by atoms with Crippen LogP contribution in [0.3, 0.4) is 0 Å². The van der Waals surface area contributed by atoms with Gasteiger partial charge in [-0.25, -0.2) is 14.6 Å². The van der Waals surface area contributed by atoms with Crippen LogP contribution in [0.15, 0.2) is 54.9 Å². The van der Waals surface area contributed by atoms with Crippen molar-refractivity contribution in [1.82, 2.24) is 9.97 Å². The summed E-state index contributed by atoms with van der Waals surface area (Å²) in [5.41, 5.74) is 1.75. The van der Waals surface area contributed by atoms with Gasteiger partial charge in [0, 0.05) is 24.0 Å². The van der Waals surface area contributed by atoms with Crippen molar-refractivity contribution in [2.24, 2.45) is 0 Å². The molecule has 138 valence electrons. The van der Waals surface area contributed by atoms with E-state index in [1.165, 1.54) is 19.5 Å². The highest BCUT2D eigenvalue weighted by Crippen LogP contribution is 2.31. The first kappa shape index (κ1) is 18.0. The summed E-state index contributed by atoms with van der Waals surface area (Å²) >= 11 is 0. The van der Waals surface area contributed by atoms with E-state index in [4.69, 9.17) is 9.47 Å². The maximum atomic E-state index is 12.2. The second kappa shape index (κ2) is 8.05. The molecule has 0 spiro atoms. The zero-order chi connectivity index (χ0) is 19.2. The molecule has 0 aliphatic carbocycles. The predicted molar refractivity (Wildman–Crippen MR) is 97.8 cm³/mol. The molecule has 27 heavy (non-hydrogen) atoms. The van der Waals surface area contributed by atoms with Crippen LogP contribution in [0, 0.1) is 0 Å². The fourth-order valence-electron chi connectivity index (χ4n) is 2.47. The van der Waals surface area contributed by atoms with Gasteiger partial charge in [0.15, 0.2) is 0 Å². The van der Waals surface area contributed by atoms with Gasteiger partial charge < -0.3 is 19.6 Å². The second-order valence-electron chi connectivity index (χ2n) is 5.52. The highest BCUT2D eigenvalue weighted by atomic mass is 16.5. The molecule has 3 rings (SSSR count). The summed E-state index contributed by atoms with van der Waals surface area (Å²) in [5, 5.41) is 11.9. The van der Waals surface area contributed by atoms with Crippen molar-refractivity contribution in [3.05, 3.63) is 66.0 Å². The summed E-state index contributed by atoms with van der Waals surface area (Å²) in [6.45, 7) is 0.107. The van der Waals surface area contributed by atoms with Crippen molar-refractivity contribution in [3.8, 4) is 17.1 Å². The Balaban J connectivity index is 1.83. The zero-order valence-corrected chi connectivity index (χ0v) is 14.4. The number of benzene rings is 1. The molecule has 1 aromatic carbocycles. The number of hydrogen-bond donors (Lipinski definition) is 3. The van der Waals surface area contributed by atoms with Crippen LogP contribution in [0.2, 0.25) is 0 Å². The third kappa shape index (κ3) is 4.24. The van der Waals surface area contributed by atoms with Crippen molar-refractivity contribution in [1.29, 1.82) is 0 Å². The van der Waals surface area contributed by atoms with Crippen molar-refractivity contribution < 1.29 is 24.2 Å². The highest BCUT2D eigenvalue weighted by molar-refractivity contribution is 5.99. The van der Waals surface area contributed by atoms with E-state index in [1.54, 1.807) is 12.1 Å². The molecule has 0 saturated carbocycles. The Labute approximate surface area is 154 Å². The molecular weight excluding hydrogens is 350 g/mol. The summed E-state index contributed by atoms with van der Waals surface area (Å²) in [7, 11) is 1.45. The number of aromatic carboxylic acids is 1. The van der Waals surface area contributed by atoms with E-state index >= 15 is 0 Å². The summed E-state index contributed by atoms with van der Waals surface area (Å²) in [5.74, 6) is -0.834. The lowest BCUT2D eigenvalue weighted by Gasteiger charge is -2.12. The van der Waals surface area contributed by atoms with Crippen LogP contribution in [-0.4, -0.2) is 34.2 Å². The number of aromatic amines is 1. The fraction of sp³-hybridized carbons (Fsp3) is 0.105. The van der Waals surface area contributed by atoms with E-state index in [1.807, 2.05) is 30.3 Å². The summed E-state index contributed by atoms with van der Waals surface area (Å²) in [4.78, 5) is 30.6. The zero-order valence-electron chi connectivity index (χ0n) is 14.4. The number of pyridine rings is 1. The number of methoxy groups -OCH3 is 1. The van der Waals surface area contributed by atoms with E-state index < -0.39 is 12.1 Å². The Hall–Kier alpha value is -3.81. The molecule has 0 aliphatic rings. The Morgan fingerprint density at radius 2 is 1.93 bits per heavy atom. The molecule has 3 N–H and O–H groups in total. The molecule has 2 aromatic heterocycles. The molecule has 0 unspecified atom stereocenters. The minimum absolute atomic E-state index is 0.0245. The lowest BCUT2D eigenvalue weighted by molar-refractivity contribution is 0.0698. The van der Waals surface area contributed by atoms with Gasteiger partial charge in [0.1, 0.15) is 12.3 Å². The van der Waals surface area contributed by atoms with E-state index in [9.17, 15) is 14.7 Å². The van der Waals surface area contributed by atoms with Crippen LogP contribution in [0.4, 0.5) is 10.5 Å². The summed E-state index contributed by atoms with van der Waals surface area (Å²) in [6, 6.07) is 12.4. The van der Waals surface area contributed by atoms with Crippen molar-refractivity contribution in [2.45, 2.75) is 6.61 Å². The Morgan fingerprint density at radius 3 is 2.63 bits per heavy atom. The number of H-pyrrole nitrogens is 1. The van der Waals surface area contributed by atoms with Gasteiger partial charge >= 0.3 is 12.1 Å². The SMILES string of the molecule is COc1ccc(NC(=O)OCc2ccccc2)c(-c2c[nH]cc2C(=O)O)n1. The van der Waals surface area contributed by atoms with E-state index in [-0.39, 0.29) is 23.7 Å². The lowest BCUT2D eigenvalue weighted by Crippen LogP contribution is -2.15. The summed E-state index contributed by atoms with van der Waals surface area (Å²) < 4.78 is 10.3. The predicted octanol–water partition coefficient (Wildman–Crippen LogP) is 3.53. The van der Waals surface area contributed by atoms with E-state index in [0.717, 1.165) is 5.56 Å². The van der Waals surface area contributed by atoms with Gasteiger partial charge in [0.2, 0.25) is 5.88 Å². The minimum Gasteiger partial charge on any atom is -0.481 e. The van der Waals surface area contributed by atoms with Crippen LogP contribution in [0.25, 0.3) is 11.3 Å². The van der Waals surface area contributed by atoms with Crippen LogP contribution >= 0.6 is 0 Å². The molecule has 8 heteroatoms. The molecule has 1 amide bonds. The molecule has 0 bridgehead atoms. The van der Waals surface area contributed by atoms with Gasteiger partial charge in [-0.05, 0) is 11.6 Å².